The van der Waals surface area contributed by atoms with Gasteiger partial charge in [-0.3, -0.25) is 0 Å². The molecule has 0 bridgehead atoms. The first-order chi connectivity index (χ1) is 7.43. The molecule has 3 heteroatoms. The summed E-state index contributed by atoms with van der Waals surface area (Å²) in [5, 5.41) is 10.9. The Morgan fingerprint density at radius 2 is 2.12 bits per heavy atom. The van der Waals surface area contributed by atoms with Gasteiger partial charge in [-0.15, -0.1) is 0 Å². The Morgan fingerprint density at radius 1 is 1.44 bits per heavy atom. The van der Waals surface area contributed by atoms with Crippen LogP contribution in [0.2, 0.25) is 5.02 Å². The van der Waals surface area contributed by atoms with Gasteiger partial charge >= 0.3 is 0 Å². The minimum Gasteiger partial charge on any atom is -0.493 e. The van der Waals surface area contributed by atoms with Crippen LogP contribution in [0.1, 0.15) is 44.2 Å². The van der Waals surface area contributed by atoms with Crippen molar-refractivity contribution in [2.75, 3.05) is 6.61 Å². The average Bonchev–Trinajstić information content (AvgIpc) is 2.16. The summed E-state index contributed by atoms with van der Waals surface area (Å²) in [5.41, 5.74) is 0.973. The van der Waals surface area contributed by atoms with Gasteiger partial charge in [0.2, 0.25) is 0 Å². The van der Waals surface area contributed by atoms with E-state index in [1.807, 2.05) is 12.1 Å². The highest BCUT2D eigenvalue weighted by atomic mass is 35.5. The first-order valence-corrected chi connectivity index (χ1v) is 5.99. The lowest BCUT2D eigenvalue weighted by Gasteiger charge is -2.33. The Bertz CT molecular complexity index is 411. The van der Waals surface area contributed by atoms with Crippen molar-refractivity contribution in [2.45, 2.75) is 38.7 Å². The van der Waals surface area contributed by atoms with Crippen LogP contribution in [0.4, 0.5) is 0 Å². The zero-order valence-corrected chi connectivity index (χ0v) is 10.6. The van der Waals surface area contributed by atoms with E-state index in [1.165, 1.54) is 0 Å². The van der Waals surface area contributed by atoms with Crippen molar-refractivity contribution < 1.29 is 9.84 Å². The molecule has 1 aliphatic rings. The lowest BCUT2D eigenvalue weighted by Crippen LogP contribution is -2.30. The molecule has 0 radical (unpaired) electrons. The number of hydrogen-bond acceptors (Lipinski definition) is 2. The third-order valence-corrected chi connectivity index (χ3v) is 3.45. The molecule has 88 valence electrons. The van der Waals surface area contributed by atoms with Crippen LogP contribution in [-0.4, -0.2) is 11.7 Å². The van der Waals surface area contributed by atoms with Crippen molar-refractivity contribution in [3.05, 3.63) is 28.3 Å². The zero-order valence-electron chi connectivity index (χ0n) is 9.88. The molecular formula is C13H17ClO2. The van der Waals surface area contributed by atoms with Crippen LogP contribution in [0.25, 0.3) is 0 Å². The third kappa shape index (κ3) is 1.80. The molecule has 2 rings (SSSR count). The van der Waals surface area contributed by atoms with E-state index in [9.17, 15) is 5.11 Å². The highest BCUT2D eigenvalue weighted by Gasteiger charge is 2.34. The van der Waals surface area contributed by atoms with Crippen molar-refractivity contribution >= 4 is 11.6 Å². The van der Waals surface area contributed by atoms with E-state index in [0.29, 0.717) is 24.0 Å². The summed E-state index contributed by atoms with van der Waals surface area (Å²) < 4.78 is 5.69. The monoisotopic (exact) mass is 240 g/mol. The maximum atomic E-state index is 10.3. The van der Waals surface area contributed by atoms with Crippen LogP contribution in [0.5, 0.6) is 5.75 Å². The third-order valence-electron chi connectivity index (χ3n) is 3.13. The summed E-state index contributed by atoms with van der Waals surface area (Å²) in [6, 6.07) is 3.83. The molecule has 0 fully saturated rings. The highest BCUT2D eigenvalue weighted by Crippen LogP contribution is 2.44. The number of aliphatic hydroxyl groups is 1. The molecule has 0 spiro atoms. The van der Waals surface area contributed by atoms with E-state index in [4.69, 9.17) is 16.3 Å². The van der Waals surface area contributed by atoms with E-state index < -0.39 is 5.60 Å². The second-order valence-corrected chi connectivity index (χ2v) is 5.27. The van der Waals surface area contributed by atoms with E-state index in [1.54, 1.807) is 6.92 Å². The van der Waals surface area contributed by atoms with Crippen LogP contribution in [0.3, 0.4) is 0 Å². The van der Waals surface area contributed by atoms with Gasteiger partial charge in [-0.2, -0.15) is 0 Å². The molecule has 1 aromatic rings. The van der Waals surface area contributed by atoms with Crippen LogP contribution in [0, 0.1) is 0 Å². The van der Waals surface area contributed by atoms with E-state index in [-0.39, 0.29) is 0 Å². The molecule has 0 saturated carbocycles. The van der Waals surface area contributed by atoms with Gasteiger partial charge in [0.25, 0.3) is 0 Å². The molecule has 1 heterocycles. The lowest BCUT2D eigenvalue weighted by atomic mass is 9.86. The predicted molar refractivity (Wildman–Crippen MR) is 65.2 cm³/mol. The predicted octanol–water partition coefficient (Wildman–Crippen LogP) is 3.45. The number of fused-ring (bicyclic) bond motifs is 1. The Labute approximate surface area is 101 Å². The summed E-state index contributed by atoms with van der Waals surface area (Å²) in [4.78, 5) is 0. The first-order valence-electron chi connectivity index (χ1n) is 5.61. The van der Waals surface area contributed by atoms with E-state index >= 15 is 0 Å². The normalized spacial score (nSPS) is 24.1. The van der Waals surface area contributed by atoms with Gasteiger partial charge in [0.15, 0.2) is 0 Å². The summed E-state index contributed by atoms with van der Waals surface area (Å²) in [6.45, 7) is 6.55. The van der Waals surface area contributed by atoms with Gasteiger partial charge in [-0.25, -0.2) is 0 Å². The largest absolute Gasteiger partial charge is 0.493 e. The summed E-state index contributed by atoms with van der Waals surface area (Å²) in [7, 11) is 0. The van der Waals surface area contributed by atoms with Gasteiger partial charge in [-0.05, 0) is 24.5 Å². The van der Waals surface area contributed by atoms with Crippen molar-refractivity contribution in [2.24, 2.45) is 0 Å². The van der Waals surface area contributed by atoms with Crippen molar-refractivity contribution in [3.63, 3.8) is 0 Å². The standard InChI is InChI=1S/C13H17ClO2/c1-8(2)9-4-5-10(14)11-12(9)16-7-6-13(11,3)15/h4-5,8,15H,6-7H2,1-3H3/t13-/m0/s1. The molecule has 1 aliphatic heterocycles. The SMILES string of the molecule is CC(C)c1ccc(Cl)c2c1OCC[C@]2(C)O. The molecule has 0 unspecified atom stereocenters. The Kier molecular flexibility index (Phi) is 2.89. The molecule has 0 aliphatic carbocycles. The van der Waals surface area contributed by atoms with Crippen LogP contribution in [0.15, 0.2) is 12.1 Å². The number of benzene rings is 1. The number of halogens is 1. The topological polar surface area (TPSA) is 29.5 Å². The van der Waals surface area contributed by atoms with Gasteiger partial charge in [-0.1, -0.05) is 31.5 Å². The van der Waals surface area contributed by atoms with Crippen LogP contribution in [-0.2, 0) is 5.60 Å². The molecule has 0 amide bonds. The fourth-order valence-electron chi connectivity index (χ4n) is 2.16. The Hall–Kier alpha value is -0.730. The minimum absolute atomic E-state index is 0.361. The molecule has 2 nitrogen and oxygen atoms in total. The summed E-state index contributed by atoms with van der Waals surface area (Å²) in [5.74, 6) is 1.14. The zero-order chi connectivity index (χ0) is 11.9. The second kappa shape index (κ2) is 3.94. The summed E-state index contributed by atoms with van der Waals surface area (Å²) >= 11 is 6.16. The molecule has 1 N–H and O–H groups in total. The molecular weight excluding hydrogens is 224 g/mol. The molecule has 0 aromatic heterocycles. The molecule has 16 heavy (non-hydrogen) atoms. The number of rotatable bonds is 1. The number of ether oxygens (including phenoxy) is 1. The van der Waals surface area contributed by atoms with E-state index in [0.717, 1.165) is 16.9 Å². The number of hydrogen-bond donors (Lipinski definition) is 1. The smallest absolute Gasteiger partial charge is 0.130 e. The van der Waals surface area contributed by atoms with Crippen LogP contribution >= 0.6 is 11.6 Å². The first kappa shape index (κ1) is 11.7. The van der Waals surface area contributed by atoms with Gasteiger partial charge in [0.1, 0.15) is 5.75 Å². The summed E-state index contributed by atoms with van der Waals surface area (Å²) in [6.07, 6.45) is 0.585. The molecule has 1 aromatic carbocycles. The van der Waals surface area contributed by atoms with Crippen LogP contribution < -0.4 is 4.74 Å². The van der Waals surface area contributed by atoms with Gasteiger partial charge in [0, 0.05) is 12.0 Å². The molecule has 1 atom stereocenters. The second-order valence-electron chi connectivity index (χ2n) is 4.87. The van der Waals surface area contributed by atoms with E-state index in [2.05, 4.69) is 13.8 Å². The maximum absolute atomic E-state index is 10.3. The molecule has 0 saturated heterocycles. The quantitative estimate of drug-likeness (QED) is 0.815. The highest BCUT2D eigenvalue weighted by molar-refractivity contribution is 6.31. The van der Waals surface area contributed by atoms with Crippen molar-refractivity contribution in [1.82, 2.24) is 0 Å². The lowest BCUT2D eigenvalue weighted by molar-refractivity contribution is 0.0143. The minimum atomic E-state index is -0.879. The van der Waals surface area contributed by atoms with Gasteiger partial charge in [0.05, 0.1) is 17.2 Å². The Morgan fingerprint density at radius 3 is 2.75 bits per heavy atom. The fourth-order valence-corrected chi connectivity index (χ4v) is 2.52. The average molecular weight is 241 g/mol. The van der Waals surface area contributed by atoms with Crippen molar-refractivity contribution in [3.8, 4) is 5.75 Å². The fraction of sp³-hybridized carbons (Fsp3) is 0.538. The van der Waals surface area contributed by atoms with Crippen molar-refractivity contribution in [1.29, 1.82) is 0 Å². The Balaban J connectivity index is 2.66. The maximum Gasteiger partial charge on any atom is 0.130 e. The van der Waals surface area contributed by atoms with Gasteiger partial charge < -0.3 is 9.84 Å².